The van der Waals surface area contributed by atoms with Crippen LogP contribution in [0.1, 0.15) is 5.69 Å². The topological polar surface area (TPSA) is 94.0 Å². The number of ether oxygens (including phenoxy) is 1. The van der Waals surface area contributed by atoms with E-state index < -0.39 is 4.92 Å². The van der Waals surface area contributed by atoms with Gasteiger partial charge in [-0.1, -0.05) is 24.3 Å². The van der Waals surface area contributed by atoms with Crippen molar-refractivity contribution in [3.63, 3.8) is 0 Å². The number of rotatable bonds is 4. The third kappa shape index (κ3) is 2.68. The first-order valence-electron chi connectivity index (χ1n) is 7.02. The van der Waals surface area contributed by atoms with Gasteiger partial charge in [0.05, 0.1) is 17.7 Å². The molecule has 0 N–H and O–H groups in total. The lowest BCUT2D eigenvalue weighted by Crippen LogP contribution is -2.03. The fourth-order valence-corrected chi connectivity index (χ4v) is 2.41. The van der Waals surface area contributed by atoms with Crippen molar-refractivity contribution in [1.29, 1.82) is 5.26 Å². The van der Waals surface area contributed by atoms with Gasteiger partial charge in [0, 0.05) is 17.7 Å². The Morgan fingerprint density at radius 1 is 1.21 bits per heavy atom. The first-order valence-corrected chi connectivity index (χ1v) is 7.02. The highest BCUT2D eigenvalue weighted by Crippen LogP contribution is 2.30. The van der Waals surface area contributed by atoms with Gasteiger partial charge < -0.3 is 4.74 Å². The fraction of sp³-hybridized carbons (Fsp3) is 0.0588. The Morgan fingerprint density at radius 2 is 2.00 bits per heavy atom. The molecule has 2 aromatic carbocycles. The molecule has 3 rings (SSSR count). The first kappa shape index (κ1) is 15.2. The highest BCUT2D eigenvalue weighted by molar-refractivity contribution is 5.67. The van der Waals surface area contributed by atoms with E-state index in [9.17, 15) is 10.1 Å². The summed E-state index contributed by atoms with van der Waals surface area (Å²) in [7, 11) is 1.55. The molecule has 24 heavy (non-hydrogen) atoms. The zero-order chi connectivity index (χ0) is 17.1. The molecule has 118 valence electrons. The quantitative estimate of drug-likeness (QED) is 0.543. The number of benzene rings is 2. The second-order valence-corrected chi connectivity index (χ2v) is 4.92. The summed E-state index contributed by atoms with van der Waals surface area (Å²) in [5.74, 6) is 0.640. The highest BCUT2D eigenvalue weighted by Gasteiger charge is 2.19. The van der Waals surface area contributed by atoms with Crippen molar-refractivity contribution in [3.8, 4) is 28.8 Å². The van der Waals surface area contributed by atoms with E-state index in [1.54, 1.807) is 49.6 Å². The molecule has 7 nitrogen and oxygen atoms in total. The van der Waals surface area contributed by atoms with Crippen LogP contribution in [-0.2, 0) is 0 Å². The minimum Gasteiger partial charge on any atom is -0.497 e. The molecule has 0 spiro atoms. The van der Waals surface area contributed by atoms with Gasteiger partial charge in [-0.05, 0) is 18.2 Å². The van der Waals surface area contributed by atoms with E-state index in [0.29, 0.717) is 17.1 Å². The Labute approximate surface area is 137 Å². The first-order chi connectivity index (χ1) is 11.6. The Hall–Kier alpha value is -3.66. The van der Waals surface area contributed by atoms with Crippen molar-refractivity contribution in [1.82, 2.24) is 9.78 Å². The summed E-state index contributed by atoms with van der Waals surface area (Å²) >= 11 is 0. The average molecular weight is 320 g/mol. The van der Waals surface area contributed by atoms with Gasteiger partial charge in [-0.3, -0.25) is 10.1 Å². The van der Waals surface area contributed by atoms with E-state index in [4.69, 9.17) is 10.00 Å². The molecular formula is C17H12N4O3. The van der Waals surface area contributed by atoms with Crippen molar-refractivity contribution in [3.05, 3.63) is 70.4 Å². The normalized spacial score (nSPS) is 10.2. The molecule has 0 radical (unpaired) electrons. The molecule has 0 atom stereocenters. The van der Waals surface area contributed by atoms with Gasteiger partial charge in [-0.2, -0.15) is 10.4 Å². The minimum atomic E-state index is -0.474. The number of nitro groups is 1. The fourth-order valence-electron chi connectivity index (χ4n) is 2.41. The maximum atomic E-state index is 11.3. The van der Waals surface area contributed by atoms with Crippen molar-refractivity contribution in [2.45, 2.75) is 0 Å². The summed E-state index contributed by atoms with van der Waals surface area (Å²) in [6, 6.07) is 17.0. The monoisotopic (exact) mass is 320 g/mol. The smallest absolute Gasteiger partial charge is 0.294 e. The van der Waals surface area contributed by atoms with E-state index in [-0.39, 0.29) is 11.4 Å². The van der Waals surface area contributed by atoms with Crippen molar-refractivity contribution in [2.75, 3.05) is 7.11 Å². The van der Waals surface area contributed by atoms with Crippen LogP contribution in [0.4, 0.5) is 5.69 Å². The third-order valence-electron chi connectivity index (χ3n) is 3.50. The molecule has 1 aromatic heterocycles. The molecule has 0 saturated heterocycles. The summed E-state index contributed by atoms with van der Waals surface area (Å²) in [4.78, 5) is 10.8. The Kier molecular flexibility index (Phi) is 3.95. The maximum Gasteiger partial charge on any atom is 0.294 e. The largest absolute Gasteiger partial charge is 0.497 e. The second-order valence-electron chi connectivity index (χ2n) is 4.92. The molecule has 1 heterocycles. The van der Waals surface area contributed by atoms with Crippen molar-refractivity contribution < 1.29 is 9.66 Å². The molecule has 0 saturated carbocycles. The number of nitriles is 1. The molecule has 0 amide bonds. The van der Waals surface area contributed by atoms with Crippen LogP contribution >= 0.6 is 0 Å². The van der Waals surface area contributed by atoms with Gasteiger partial charge in [-0.15, -0.1) is 0 Å². The lowest BCUT2D eigenvalue weighted by molar-refractivity contribution is -0.384. The van der Waals surface area contributed by atoms with Crippen LogP contribution in [0.3, 0.4) is 0 Å². The third-order valence-corrected chi connectivity index (χ3v) is 3.50. The molecular weight excluding hydrogens is 308 g/mol. The van der Waals surface area contributed by atoms with Gasteiger partial charge in [0.1, 0.15) is 17.5 Å². The average Bonchev–Trinajstić information content (AvgIpc) is 3.06. The number of methoxy groups -OCH3 is 1. The molecule has 0 aliphatic heterocycles. The van der Waals surface area contributed by atoms with Gasteiger partial charge in [0.2, 0.25) is 0 Å². The van der Waals surface area contributed by atoms with Crippen LogP contribution in [0.5, 0.6) is 5.75 Å². The Balaban J connectivity index is 2.25. The predicted octanol–water partition coefficient (Wildman–Crippen LogP) is 3.33. The summed E-state index contributed by atoms with van der Waals surface area (Å²) in [6.45, 7) is 0. The zero-order valence-corrected chi connectivity index (χ0v) is 12.7. The van der Waals surface area contributed by atoms with E-state index >= 15 is 0 Å². The molecule has 0 fully saturated rings. The number of aromatic nitrogens is 2. The molecule has 0 aliphatic rings. The number of hydrogen-bond acceptors (Lipinski definition) is 5. The predicted molar refractivity (Wildman–Crippen MR) is 86.9 cm³/mol. The van der Waals surface area contributed by atoms with Gasteiger partial charge >= 0.3 is 0 Å². The molecule has 0 unspecified atom stereocenters. The van der Waals surface area contributed by atoms with E-state index in [2.05, 4.69) is 5.10 Å². The van der Waals surface area contributed by atoms with Crippen molar-refractivity contribution >= 4 is 5.69 Å². The second kappa shape index (κ2) is 6.22. The zero-order valence-electron chi connectivity index (χ0n) is 12.7. The van der Waals surface area contributed by atoms with E-state index in [0.717, 1.165) is 5.56 Å². The maximum absolute atomic E-state index is 11.3. The minimum absolute atomic E-state index is 0.0887. The van der Waals surface area contributed by atoms with Crippen LogP contribution in [-0.4, -0.2) is 21.8 Å². The van der Waals surface area contributed by atoms with Crippen LogP contribution in [0.15, 0.2) is 54.6 Å². The standard InChI is InChI=1S/C17H12N4O3/c1-24-14-6-4-5-12(9-14)17-10-13(11-18)19-20(17)15-7-2-3-8-16(15)21(22)23/h2-10H,1H3. The van der Waals surface area contributed by atoms with Crippen molar-refractivity contribution in [2.24, 2.45) is 0 Å². The summed E-state index contributed by atoms with van der Waals surface area (Å²) < 4.78 is 6.62. The van der Waals surface area contributed by atoms with E-state index in [1.165, 1.54) is 10.7 Å². The number of nitro benzene ring substituents is 1. The summed E-state index contributed by atoms with van der Waals surface area (Å²) in [5.41, 5.74) is 1.68. The SMILES string of the molecule is COc1cccc(-c2cc(C#N)nn2-c2ccccc2[N+](=O)[O-])c1. The number of para-hydroxylation sites is 2. The number of hydrogen-bond donors (Lipinski definition) is 0. The molecule has 0 aliphatic carbocycles. The van der Waals surface area contributed by atoms with Crippen LogP contribution in [0.25, 0.3) is 16.9 Å². The lowest BCUT2D eigenvalue weighted by atomic mass is 10.1. The lowest BCUT2D eigenvalue weighted by Gasteiger charge is -2.09. The van der Waals surface area contributed by atoms with Crippen LogP contribution < -0.4 is 4.74 Å². The summed E-state index contributed by atoms with van der Waals surface area (Å²) in [6.07, 6.45) is 0. The Morgan fingerprint density at radius 3 is 2.71 bits per heavy atom. The van der Waals surface area contributed by atoms with E-state index in [1.807, 2.05) is 12.1 Å². The summed E-state index contributed by atoms with van der Waals surface area (Å²) in [5, 5.41) is 24.6. The van der Waals surface area contributed by atoms with Gasteiger partial charge in [0.25, 0.3) is 5.69 Å². The molecule has 7 heteroatoms. The Bertz CT molecular complexity index is 956. The number of nitrogens with zero attached hydrogens (tertiary/aromatic N) is 4. The molecule has 3 aromatic rings. The highest BCUT2D eigenvalue weighted by atomic mass is 16.6. The molecule has 0 bridgehead atoms. The van der Waals surface area contributed by atoms with Crippen LogP contribution in [0, 0.1) is 21.4 Å². The van der Waals surface area contributed by atoms with Gasteiger partial charge in [-0.25, -0.2) is 4.68 Å². The van der Waals surface area contributed by atoms with Crippen LogP contribution in [0.2, 0.25) is 0 Å². The van der Waals surface area contributed by atoms with Gasteiger partial charge in [0.15, 0.2) is 5.69 Å².